The van der Waals surface area contributed by atoms with Crippen LogP contribution in [0.3, 0.4) is 0 Å². The topological polar surface area (TPSA) is 71.4 Å². The fraction of sp³-hybridized carbons (Fsp3) is 0.423. The number of carbonyl (C=O) groups is 1. The van der Waals surface area contributed by atoms with Crippen molar-refractivity contribution in [1.29, 1.82) is 0 Å². The molecule has 6 nitrogen and oxygen atoms in total. The highest BCUT2D eigenvalue weighted by atomic mass is 32.2. The molecule has 1 fully saturated rings. The second-order valence-corrected chi connectivity index (χ2v) is 11.0. The first kappa shape index (κ1) is 23.5. The molecule has 0 aliphatic heterocycles. The van der Waals surface area contributed by atoms with Crippen LogP contribution in [0.4, 0.5) is 0 Å². The zero-order valence-electron chi connectivity index (χ0n) is 19.5. The van der Waals surface area contributed by atoms with E-state index in [0.717, 1.165) is 47.7 Å². The van der Waals surface area contributed by atoms with Crippen molar-refractivity contribution < 1.29 is 13.2 Å². The minimum Gasteiger partial charge on any atom is -0.353 e. The average Bonchev–Trinajstić information content (AvgIpc) is 3.19. The van der Waals surface area contributed by atoms with Crippen LogP contribution in [0.1, 0.15) is 37.7 Å². The van der Waals surface area contributed by atoms with Crippen molar-refractivity contribution in [1.82, 2.24) is 14.2 Å². The van der Waals surface area contributed by atoms with Gasteiger partial charge in [-0.3, -0.25) is 4.79 Å². The molecule has 0 atom stereocenters. The van der Waals surface area contributed by atoms with Gasteiger partial charge in [-0.15, -0.1) is 0 Å². The van der Waals surface area contributed by atoms with Crippen LogP contribution in [0.5, 0.6) is 0 Å². The Morgan fingerprint density at radius 2 is 1.73 bits per heavy atom. The van der Waals surface area contributed by atoms with E-state index in [1.54, 1.807) is 4.31 Å². The van der Waals surface area contributed by atoms with E-state index in [9.17, 15) is 13.2 Å². The normalized spacial score (nSPS) is 15.2. The van der Waals surface area contributed by atoms with Crippen LogP contribution in [0.2, 0.25) is 0 Å². The maximum absolute atomic E-state index is 12.7. The molecule has 2 aromatic carbocycles. The number of fused-ring (bicyclic) bond motifs is 1. The summed E-state index contributed by atoms with van der Waals surface area (Å²) in [6.45, 7) is 2.90. The number of rotatable bonds is 8. The van der Waals surface area contributed by atoms with Crippen LogP contribution in [0, 0.1) is 6.92 Å². The predicted octanol–water partition coefficient (Wildman–Crippen LogP) is 4.33. The van der Waals surface area contributed by atoms with Crippen molar-refractivity contribution in [3.63, 3.8) is 0 Å². The molecule has 1 aliphatic carbocycles. The third kappa shape index (κ3) is 5.84. The van der Waals surface area contributed by atoms with Gasteiger partial charge in [0.05, 0.1) is 6.26 Å². The molecule has 1 N–H and O–H groups in total. The highest BCUT2D eigenvalue weighted by Crippen LogP contribution is 2.26. The standard InChI is InChI=1S/C26H33N3O3S/c1-20-8-10-21(11-9-20)23-13-12-22-14-16-28(25(22)18-23)19-26(30)27-15-17-29(33(2,31)32)24-6-4-3-5-7-24/h8-14,16,18,24H,3-7,15,17,19H2,1-2H3,(H,27,30). The minimum atomic E-state index is -3.30. The van der Waals surface area contributed by atoms with Gasteiger partial charge in [-0.2, -0.15) is 4.31 Å². The first-order chi connectivity index (χ1) is 15.8. The van der Waals surface area contributed by atoms with E-state index in [1.807, 2.05) is 16.8 Å². The van der Waals surface area contributed by atoms with Gasteiger partial charge >= 0.3 is 0 Å². The molecule has 4 rings (SSSR count). The lowest BCUT2D eigenvalue weighted by molar-refractivity contribution is -0.121. The van der Waals surface area contributed by atoms with E-state index in [0.29, 0.717) is 13.1 Å². The fourth-order valence-corrected chi connectivity index (χ4v) is 5.93. The van der Waals surface area contributed by atoms with Crippen molar-refractivity contribution in [2.45, 2.75) is 51.6 Å². The first-order valence-electron chi connectivity index (χ1n) is 11.7. The molecular formula is C26H33N3O3S. The molecular weight excluding hydrogens is 434 g/mol. The van der Waals surface area contributed by atoms with E-state index >= 15 is 0 Å². The smallest absolute Gasteiger partial charge is 0.239 e. The van der Waals surface area contributed by atoms with Gasteiger partial charge in [0.2, 0.25) is 15.9 Å². The Kier molecular flexibility index (Phi) is 7.20. The summed E-state index contributed by atoms with van der Waals surface area (Å²) in [5.41, 5.74) is 4.48. The summed E-state index contributed by atoms with van der Waals surface area (Å²) in [5, 5.41) is 4.00. The molecule has 3 aromatic rings. The number of carbonyl (C=O) groups excluding carboxylic acids is 1. The number of sulfonamides is 1. The number of benzene rings is 2. The van der Waals surface area contributed by atoms with Crippen molar-refractivity contribution in [3.05, 3.63) is 60.3 Å². The predicted molar refractivity (Wildman–Crippen MR) is 134 cm³/mol. The van der Waals surface area contributed by atoms with Gasteiger partial charge in [-0.25, -0.2) is 8.42 Å². The molecule has 1 saturated carbocycles. The van der Waals surface area contributed by atoms with E-state index in [-0.39, 0.29) is 18.5 Å². The largest absolute Gasteiger partial charge is 0.353 e. The number of hydrogen-bond acceptors (Lipinski definition) is 3. The summed E-state index contributed by atoms with van der Waals surface area (Å²) >= 11 is 0. The molecule has 0 spiro atoms. The maximum atomic E-state index is 12.7. The highest BCUT2D eigenvalue weighted by molar-refractivity contribution is 7.88. The Morgan fingerprint density at radius 1 is 1.03 bits per heavy atom. The highest BCUT2D eigenvalue weighted by Gasteiger charge is 2.27. The molecule has 0 saturated heterocycles. The van der Waals surface area contributed by atoms with Crippen LogP contribution in [-0.4, -0.2) is 48.6 Å². The number of nitrogens with one attached hydrogen (secondary N) is 1. The lowest BCUT2D eigenvalue weighted by atomic mass is 9.95. The summed E-state index contributed by atoms with van der Waals surface area (Å²) in [5.74, 6) is -0.120. The zero-order valence-corrected chi connectivity index (χ0v) is 20.3. The van der Waals surface area contributed by atoms with Crippen LogP contribution in [0.15, 0.2) is 54.7 Å². The van der Waals surface area contributed by atoms with Crippen molar-refractivity contribution >= 4 is 26.8 Å². The van der Waals surface area contributed by atoms with E-state index < -0.39 is 10.0 Å². The maximum Gasteiger partial charge on any atom is 0.239 e. The lowest BCUT2D eigenvalue weighted by Crippen LogP contribution is -2.45. The SMILES string of the molecule is Cc1ccc(-c2ccc3ccn(CC(=O)NCCN(C4CCCCC4)S(C)(=O)=O)c3c2)cc1. The molecule has 0 radical (unpaired) electrons. The molecule has 0 unspecified atom stereocenters. The Labute approximate surface area is 196 Å². The number of aromatic nitrogens is 1. The van der Waals surface area contributed by atoms with Crippen LogP contribution in [0.25, 0.3) is 22.0 Å². The summed E-state index contributed by atoms with van der Waals surface area (Å²) in [6.07, 6.45) is 8.29. The van der Waals surface area contributed by atoms with Gasteiger partial charge in [-0.1, -0.05) is 61.2 Å². The summed E-state index contributed by atoms with van der Waals surface area (Å²) in [6, 6.07) is 16.8. The fourth-order valence-electron chi connectivity index (χ4n) is 4.75. The summed E-state index contributed by atoms with van der Waals surface area (Å²) in [7, 11) is -3.30. The molecule has 176 valence electrons. The monoisotopic (exact) mass is 467 g/mol. The summed E-state index contributed by atoms with van der Waals surface area (Å²) in [4.78, 5) is 12.7. The van der Waals surface area contributed by atoms with Gasteiger partial charge in [-0.05, 0) is 48.4 Å². The quantitative estimate of drug-likeness (QED) is 0.536. The van der Waals surface area contributed by atoms with E-state index in [4.69, 9.17) is 0 Å². The number of amides is 1. The average molecular weight is 468 g/mol. The molecule has 1 aromatic heterocycles. The molecule has 0 bridgehead atoms. The Hall–Kier alpha value is -2.64. The molecule has 1 aliphatic rings. The molecule has 1 amide bonds. The molecule has 7 heteroatoms. The number of hydrogen-bond donors (Lipinski definition) is 1. The number of nitrogens with zero attached hydrogens (tertiary/aromatic N) is 2. The number of aryl methyl sites for hydroxylation is 1. The third-order valence-electron chi connectivity index (χ3n) is 6.54. The summed E-state index contributed by atoms with van der Waals surface area (Å²) < 4.78 is 28.1. The van der Waals surface area contributed by atoms with Crippen molar-refractivity contribution in [3.8, 4) is 11.1 Å². The van der Waals surface area contributed by atoms with Gasteiger partial charge in [0, 0.05) is 30.8 Å². The lowest BCUT2D eigenvalue weighted by Gasteiger charge is -2.32. The Morgan fingerprint density at radius 3 is 2.42 bits per heavy atom. The van der Waals surface area contributed by atoms with Crippen LogP contribution in [-0.2, 0) is 21.4 Å². The van der Waals surface area contributed by atoms with Gasteiger partial charge in [0.1, 0.15) is 6.54 Å². The minimum absolute atomic E-state index is 0.0549. The third-order valence-corrected chi connectivity index (χ3v) is 7.87. The second-order valence-electron chi connectivity index (χ2n) is 9.10. The molecule has 1 heterocycles. The molecule has 33 heavy (non-hydrogen) atoms. The van der Waals surface area contributed by atoms with Crippen LogP contribution >= 0.6 is 0 Å². The Bertz CT molecular complexity index is 1210. The first-order valence-corrected chi connectivity index (χ1v) is 13.6. The second kappa shape index (κ2) is 10.1. The van der Waals surface area contributed by atoms with Gasteiger partial charge in [0.25, 0.3) is 0 Å². The Balaban J connectivity index is 1.40. The van der Waals surface area contributed by atoms with Crippen molar-refractivity contribution in [2.24, 2.45) is 0 Å². The van der Waals surface area contributed by atoms with Gasteiger partial charge < -0.3 is 9.88 Å². The van der Waals surface area contributed by atoms with E-state index in [1.165, 1.54) is 18.2 Å². The van der Waals surface area contributed by atoms with E-state index in [2.05, 4.69) is 54.7 Å². The zero-order chi connectivity index (χ0) is 23.4. The van der Waals surface area contributed by atoms with Crippen LogP contribution < -0.4 is 5.32 Å². The van der Waals surface area contributed by atoms with Crippen molar-refractivity contribution in [2.75, 3.05) is 19.3 Å². The van der Waals surface area contributed by atoms with Gasteiger partial charge in [0.15, 0.2) is 0 Å².